The van der Waals surface area contributed by atoms with E-state index < -0.39 is 0 Å². The molecule has 0 N–H and O–H groups in total. The van der Waals surface area contributed by atoms with Gasteiger partial charge in [-0.3, -0.25) is 0 Å². The lowest BCUT2D eigenvalue weighted by Gasteiger charge is -2.37. The molecule has 0 bridgehead atoms. The molecule has 0 saturated carbocycles. The van der Waals surface area contributed by atoms with Crippen molar-refractivity contribution >= 4 is 38.8 Å². The third kappa shape index (κ3) is 3.84. The Kier molecular flexibility index (Phi) is 5.30. The van der Waals surface area contributed by atoms with E-state index in [4.69, 9.17) is 9.40 Å². The van der Waals surface area contributed by atoms with Crippen LogP contribution < -0.4 is 4.90 Å². The standard InChI is InChI=1S/C38H30N2O/c1-38(2)33-15-9-8-14-31(33)32-20-18-29(23-34(32)38)40(28-17-16-25-10-6-7-13-27(25)22-28)30-19-21-36-35(24-30)39-37(41-36)26-11-4-3-5-12-26/h3-22,24,29H,23H2,1-2H3. The minimum atomic E-state index is -0.00928. The lowest BCUT2D eigenvalue weighted by Crippen LogP contribution is -2.33. The molecule has 8 rings (SSSR count). The average molecular weight is 531 g/mol. The minimum Gasteiger partial charge on any atom is -0.436 e. The van der Waals surface area contributed by atoms with Crippen molar-refractivity contribution in [2.75, 3.05) is 4.90 Å². The Hall–Kier alpha value is -4.89. The first kappa shape index (κ1) is 24.0. The van der Waals surface area contributed by atoms with Gasteiger partial charge in [0, 0.05) is 22.4 Å². The molecule has 0 amide bonds. The zero-order valence-electron chi connectivity index (χ0n) is 23.2. The lowest BCUT2D eigenvalue weighted by molar-refractivity contribution is 0.585. The third-order valence-corrected chi connectivity index (χ3v) is 8.88. The van der Waals surface area contributed by atoms with E-state index in [9.17, 15) is 0 Å². The highest BCUT2D eigenvalue weighted by Gasteiger charge is 2.40. The van der Waals surface area contributed by atoms with Gasteiger partial charge in [-0.2, -0.15) is 0 Å². The van der Waals surface area contributed by atoms with Gasteiger partial charge in [0.1, 0.15) is 5.52 Å². The van der Waals surface area contributed by atoms with Crippen molar-refractivity contribution in [3.8, 4) is 11.5 Å². The molecule has 0 saturated heterocycles. The van der Waals surface area contributed by atoms with E-state index in [1.807, 2.05) is 30.3 Å². The monoisotopic (exact) mass is 530 g/mol. The second-order valence-electron chi connectivity index (χ2n) is 11.6. The van der Waals surface area contributed by atoms with Gasteiger partial charge in [-0.05, 0) is 81.9 Å². The van der Waals surface area contributed by atoms with Crippen LogP contribution in [0.4, 0.5) is 11.4 Å². The summed E-state index contributed by atoms with van der Waals surface area (Å²) in [4.78, 5) is 7.37. The summed E-state index contributed by atoms with van der Waals surface area (Å²) < 4.78 is 6.17. The number of anilines is 2. The van der Waals surface area contributed by atoms with Crippen LogP contribution in [0.2, 0.25) is 0 Å². The Bertz CT molecular complexity index is 2010. The van der Waals surface area contributed by atoms with Crippen molar-refractivity contribution in [3.05, 3.63) is 144 Å². The predicted molar refractivity (Wildman–Crippen MR) is 169 cm³/mol. The summed E-state index contributed by atoms with van der Waals surface area (Å²) in [5.41, 5.74) is 10.6. The summed E-state index contributed by atoms with van der Waals surface area (Å²) in [5, 5.41) is 2.48. The molecule has 198 valence electrons. The molecule has 0 spiro atoms. The Morgan fingerprint density at radius 3 is 2.37 bits per heavy atom. The summed E-state index contributed by atoms with van der Waals surface area (Å²) in [5.74, 6) is 0.646. The molecule has 0 radical (unpaired) electrons. The number of nitrogens with zero attached hydrogens (tertiary/aromatic N) is 2. The first-order chi connectivity index (χ1) is 20.1. The van der Waals surface area contributed by atoms with Gasteiger partial charge in [0.2, 0.25) is 5.89 Å². The van der Waals surface area contributed by atoms with E-state index in [1.165, 1.54) is 38.7 Å². The SMILES string of the molecule is CC1(C)C2=C(C=CC(N(c3ccc4ccccc4c3)c3ccc4oc(-c5ccccc5)nc4c3)C2)c2ccccc21. The number of rotatable bonds is 4. The number of fused-ring (bicyclic) bond motifs is 4. The maximum atomic E-state index is 6.17. The fraction of sp³-hybridized carbons (Fsp3) is 0.132. The van der Waals surface area contributed by atoms with Crippen LogP contribution in [0.15, 0.2) is 137 Å². The highest BCUT2D eigenvalue weighted by Crippen LogP contribution is 2.51. The summed E-state index contributed by atoms with van der Waals surface area (Å²) in [7, 11) is 0. The van der Waals surface area contributed by atoms with Crippen LogP contribution in [0.1, 0.15) is 31.4 Å². The Labute approximate surface area is 240 Å². The van der Waals surface area contributed by atoms with E-state index in [0.717, 1.165) is 28.8 Å². The molecular formula is C38H30N2O. The largest absolute Gasteiger partial charge is 0.436 e. The van der Waals surface area contributed by atoms with Crippen molar-refractivity contribution in [2.24, 2.45) is 0 Å². The van der Waals surface area contributed by atoms with Gasteiger partial charge in [0.25, 0.3) is 0 Å². The highest BCUT2D eigenvalue weighted by molar-refractivity contribution is 5.90. The van der Waals surface area contributed by atoms with Crippen LogP contribution >= 0.6 is 0 Å². The van der Waals surface area contributed by atoms with Gasteiger partial charge in [0.05, 0.1) is 6.04 Å². The average Bonchev–Trinajstić information content (AvgIpc) is 3.54. The molecule has 1 heterocycles. The molecule has 3 nitrogen and oxygen atoms in total. The van der Waals surface area contributed by atoms with Crippen LogP contribution in [0.5, 0.6) is 0 Å². The van der Waals surface area contributed by atoms with Gasteiger partial charge < -0.3 is 9.32 Å². The number of hydrogen-bond donors (Lipinski definition) is 0. The van der Waals surface area contributed by atoms with Crippen LogP contribution in [-0.4, -0.2) is 11.0 Å². The molecule has 2 aliphatic rings. The zero-order chi connectivity index (χ0) is 27.6. The smallest absolute Gasteiger partial charge is 0.227 e. The van der Waals surface area contributed by atoms with Gasteiger partial charge in [0.15, 0.2) is 5.58 Å². The van der Waals surface area contributed by atoms with E-state index in [0.29, 0.717) is 5.89 Å². The number of hydrogen-bond acceptors (Lipinski definition) is 3. The summed E-state index contributed by atoms with van der Waals surface area (Å²) in [6.07, 6.45) is 5.69. The van der Waals surface area contributed by atoms with Crippen LogP contribution in [0.25, 0.3) is 38.9 Å². The summed E-state index contributed by atoms with van der Waals surface area (Å²) in [6, 6.07) is 40.9. The quantitative estimate of drug-likeness (QED) is 0.227. The van der Waals surface area contributed by atoms with Crippen LogP contribution in [-0.2, 0) is 5.41 Å². The fourth-order valence-electron chi connectivity index (χ4n) is 6.77. The molecule has 0 fully saturated rings. The topological polar surface area (TPSA) is 29.3 Å². The summed E-state index contributed by atoms with van der Waals surface area (Å²) >= 11 is 0. The van der Waals surface area contributed by atoms with Crippen molar-refractivity contribution in [1.29, 1.82) is 0 Å². The molecule has 6 aromatic rings. The van der Waals surface area contributed by atoms with Crippen molar-refractivity contribution in [1.82, 2.24) is 4.98 Å². The van der Waals surface area contributed by atoms with Gasteiger partial charge in [-0.25, -0.2) is 4.98 Å². The molecule has 1 atom stereocenters. The second-order valence-corrected chi connectivity index (χ2v) is 11.6. The van der Waals surface area contributed by atoms with Gasteiger partial charge in [-0.15, -0.1) is 0 Å². The lowest BCUT2D eigenvalue weighted by atomic mass is 9.77. The van der Waals surface area contributed by atoms with Gasteiger partial charge in [-0.1, -0.05) is 98.8 Å². The zero-order valence-corrected chi connectivity index (χ0v) is 23.2. The van der Waals surface area contributed by atoms with E-state index in [1.54, 1.807) is 0 Å². The minimum absolute atomic E-state index is 0.00928. The first-order valence-electron chi connectivity index (χ1n) is 14.3. The first-order valence-corrected chi connectivity index (χ1v) is 14.3. The fourth-order valence-corrected chi connectivity index (χ4v) is 6.77. The number of oxazole rings is 1. The Morgan fingerprint density at radius 2 is 1.49 bits per heavy atom. The van der Waals surface area contributed by atoms with Crippen molar-refractivity contribution in [3.63, 3.8) is 0 Å². The maximum absolute atomic E-state index is 6.17. The Morgan fingerprint density at radius 1 is 0.756 bits per heavy atom. The molecule has 5 aromatic carbocycles. The molecule has 0 aliphatic heterocycles. The predicted octanol–water partition coefficient (Wildman–Crippen LogP) is 9.86. The molecule has 1 aromatic heterocycles. The Balaban J connectivity index is 1.25. The third-order valence-electron chi connectivity index (χ3n) is 8.88. The number of aromatic nitrogens is 1. The van der Waals surface area contributed by atoms with Crippen molar-refractivity contribution < 1.29 is 4.42 Å². The number of benzene rings is 5. The molecular weight excluding hydrogens is 500 g/mol. The van der Waals surface area contributed by atoms with E-state index in [-0.39, 0.29) is 11.5 Å². The normalized spacial score (nSPS) is 17.2. The molecule has 41 heavy (non-hydrogen) atoms. The highest BCUT2D eigenvalue weighted by atomic mass is 16.3. The molecule has 3 heteroatoms. The number of allylic oxidation sites excluding steroid dienone is 2. The van der Waals surface area contributed by atoms with Crippen LogP contribution in [0, 0.1) is 0 Å². The summed E-state index contributed by atoms with van der Waals surface area (Å²) in [6.45, 7) is 4.74. The van der Waals surface area contributed by atoms with E-state index in [2.05, 4.69) is 116 Å². The maximum Gasteiger partial charge on any atom is 0.227 e. The second kappa shape index (κ2) is 9.07. The molecule has 2 aliphatic carbocycles. The van der Waals surface area contributed by atoms with Crippen LogP contribution in [0.3, 0.4) is 0 Å². The van der Waals surface area contributed by atoms with Gasteiger partial charge >= 0.3 is 0 Å². The van der Waals surface area contributed by atoms with E-state index >= 15 is 0 Å². The molecule has 1 unspecified atom stereocenters. The van der Waals surface area contributed by atoms with Crippen molar-refractivity contribution in [2.45, 2.75) is 31.7 Å².